The fraction of sp³-hybridized carbons (Fsp3) is 0.818. The molecule has 0 aromatic carbocycles. The minimum atomic E-state index is -0.653. The monoisotopic (exact) mass is 230 g/mol. The second-order valence-electron chi connectivity index (χ2n) is 4.72. The molecule has 3 N–H and O–H groups in total. The molecule has 2 amide bonds. The molecule has 0 heterocycles. The number of hydrogen-bond donors (Lipinski definition) is 2. The van der Waals surface area contributed by atoms with Crippen LogP contribution in [-0.2, 0) is 9.53 Å². The van der Waals surface area contributed by atoms with Crippen LogP contribution < -0.4 is 11.1 Å². The summed E-state index contributed by atoms with van der Waals surface area (Å²) in [5.41, 5.74) is 5.18. The molecule has 0 aromatic rings. The standard InChI is InChI=1S/C11H22N2O3/c1-7(2)5-9(10(12)14)13-11(15)16-6-8(3)4/h7-9H,5-6H2,1-4H3,(H2,12,14)(H,13,15)/t9-/m0/s1. The van der Waals surface area contributed by atoms with Gasteiger partial charge in [0.25, 0.3) is 0 Å². The van der Waals surface area contributed by atoms with Crippen LogP contribution in [0.15, 0.2) is 0 Å². The van der Waals surface area contributed by atoms with Gasteiger partial charge in [0.05, 0.1) is 6.61 Å². The van der Waals surface area contributed by atoms with Crippen LogP contribution in [0.25, 0.3) is 0 Å². The molecule has 0 bridgehead atoms. The van der Waals surface area contributed by atoms with Gasteiger partial charge < -0.3 is 15.8 Å². The van der Waals surface area contributed by atoms with Crippen molar-refractivity contribution in [3.8, 4) is 0 Å². The quantitative estimate of drug-likeness (QED) is 0.721. The van der Waals surface area contributed by atoms with Gasteiger partial charge in [-0.25, -0.2) is 4.79 Å². The molecule has 0 spiro atoms. The van der Waals surface area contributed by atoms with Crippen molar-refractivity contribution in [1.82, 2.24) is 5.32 Å². The molecule has 94 valence electrons. The topological polar surface area (TPSA) is 81.4 Å². The fourth-order valence-corrected chi connectivity index (χ4v) is 1.14. The van der Waals surface area contributed by atoms with E-state index in [1.807, 2.05) is 27.7 Å². The van der Waals surface area contributed by atoms with Crippen LogP contribution in [0.4, 0.5) is 4.79 Å². The molecule has 0 unspecified atom stereocenters. The van der Waals surface area contributed by atoms with Crippen LogP contribution in [0.3, 0.4) is 0 Å². The number of primary amides is 1. The molecule has 0 radical (unpaired) electrons. The number of hydrogen-bond acceptors (Lipinski definition) is 3. The molecule has 5 heteroatoms. The molecule has 0 aliphatic carbocycles. The number of rotatable bonds is 6. The highest BCUT2D eigenvalue weighted by atomic mass is 16.5. The van der Waals surface area contributed by atoms with E-state index in [9.17, 15) is 9.59 Å². The SMILES string of the molecule is CC(C)COC(=O)N[C@@H](CC(C)C)C(N)=O. The van der Waals surface area contributed by atoms with Crippen LogP contribution in [-0.4, -0.2) is 24.6 Å². The number of amides is 2. The first-order valence-electron chi connectivity index (χ1n) is 5.55. The predicted octanol–water partition coefficient (Wildman–Crippen LogP) is 1.27. The van der Waals surface area contributed by atoms with E-state index >= 15 is 0 Å². The number of carbonyl (C=O) groups excluding carboxylic acids is 2. The number of alkyl carbamates (subject to hydrolysis) is 1. The van der Waals surface area contributed by atoms with Gasteiger partial charge in [-0.05, 0) is 18.3 Å². The van der Waals surface area contributed by atoms with Gasteiger partial charge in [0.1, 0.15) is 6.04 Å². The van der Waals surface area contributed by atoms with E-state index in [-0.39, 0.29) is 11.8 Å². The largest absolute Gasteiger partial charge is 0.449 e. The fourth-order valence-electron chi connectivity index (χ4n) is 1.14. The van der Waals surface area contributed by atoms with Gasteiger partial charge in [0.15, 0.2) is 0 Å². The Balaban J connectivity index is 4.08. The summed E-state index contributed by atoms with van der Waals surface area (Å²) in [5.74, 6) is 0.0148. The van der Waals surface area contributed by atoms with Gasteiger partial charge in [0, 0.05) is 0 Å². The molecule has 5 nitrogen and oxygen atoms in total. The average molecular weight is 230 g/mol. The van der Waals surface area contributed by atoms with Crippen molar-refractivity contribution >= 4 is 12.0 Å². The van der Waals surface area contributed by atoms with Crippen LogP contribution in [0, 0.1) is 11.8 Å². The molecule has 0 aliphatic rings. The lowest BCUT2D eigenvalue weighted by atomic mass is 10.0. The van der Waals surface area contributed by atoms with Gasteiger partial charge in [-0.2, -0.15) is 0 Å². The predicted molar refractivity (Wildman–Crippen MR) is 61.8 cm³/mol. The molecule has 0 saturated heterocycles. The normalized spacial score (nSPS) is 12.6. The third kappa shape index (κ3) is 7.09. The molecule has 0 rings (SSSR count). The second kappa shape index (κ2) is 7.09. The van der Waals surface area contributed by atoms with Crippen LogP contribution in [0.5, 0.6) is 0 Å². The Morgan fingerprint density at radius 2 is 1.75 bits per heavy atom. The first-order chi connectivity index (χ1) is 7.32. The van der Waals surface area contributed by atoms with E-state index in [0.29, 0.717) is 13.0 Å². The third-order valence-electron chi connectivity index (χ3n) is 1.89. The van der Waals surface area contributed by atoms with E-state index in [1.165, 1.54) is 0 Å². The molecular weight excluding hydrogens is 208 g/mol. The maximum Gasteiger partial charge on any atom is 0.407 e. The van der Waals surface area contributed by atoms with E-state index in [2.05, 4.69) is 5.32 Å². The van der Waals surface area contributed by atoms with E-state index in [0.717, 1.165) is 0 Å². The summed E-state index contributed by atoms with van der Waals surface area (Å²) in [6, 6.07) is -0.653. The lowest BCUT2D eigenvalue weighted by Gasteiger charge is -2.17. The zero-order valence-electron chi connectivity index (χ0n) is 10.4. The van der Waals surface area contributed by atoms with Gasteiger partial charge in [0.2, 0.25) is 5.91 Å². The maximum absolute atomic E-state index is 11.3. The molecular formula is C11H22N2O3. The third-order valence-corrected chi connectivity index (χ3v) is 1.89. The van der Waals surface area contributed by atoms with Crippen molar-refractivity contribution in [2.75, 3.05) is 6.61 Å². The summed E-state index contributed by atoms with van der Waals surface area (Å²) in [6.45, 7) is 8.12. The van der Waals surface area contributed by atoms with E-state index < -0.39 is 18.0 Å². The average Bonchev–Trinajstić information content (AvgIpc) is 2.12. The van der Waals surface area contributed by atoms with E-state index in [1.54, 1.807) is 0 Å². The highest BCUT2D eigenvalue weighted by Crippen LogP contribution is 2.04. The first kappa shape index (κ1) is 14.7. The number of ether oxygens (including phenoxy) is 1. The molecule has 0 aromatic heterocycles. The summed E-state index contributed by atoms with van der Waals surface area (Å²) >= 11 is 0. The first-order valence-corrected chi connectivity index (χ1v) is 5.55. The Hall–Kier alpha value is -1.26. The molecule has 16 heavy (non-hydrogen) atoms. The number of nitrogens with one attached hydrogen (secondary N) is 1. The number of carbonyl (C=O) groups is 2. The Bertz CT molecular complexity index is 239. The van der Waals surface area contributed by atoms with Gasteiger partial charge in [-0.1, -0.05) is 27.7 Å². The van der Waals surface area contributed by atoms with Crippen molar-refractivity contribution in [1.29, 1.82) is 0 Å². The molecule has 1 atom stereocenters. The summed E-state index contributed by atoms with van der Waals surface area (Å²) in [6.07, 6.45) is -0.0651. The summed E-state index contributed by atoms with van der Waals surface area (Å²) < 4.78 is 4.91. The Morgan fingerprint density at radius 1 is 1.19 bits per heavy atom. The summed E-state index contributed by atoms with van der Waals surface area (Å²) in [7, 11) is 0. The lowest BCUT2D eigenvalue weighted by Crippen LogP contribution is -2.45. The Morgan fingerprint density at radius 3 is 2.12 bits per heavy atom. The Labute approximate surface area is 96.7 Å². The van der Waals surface area contributed by atoms with Crippen molar-refractivity contribution in [3.63, 3.8) is 0 Å². The maximum atomic E-state index is 11.3. The minimum absolute atomic E-state index is 0.267. The molecule has 0 saturated carbocycles. The lowest BCUT2D eigenvalue weighted by molar-refractivity contribution is -0.120. The molecule has 0 fully saturated rings. The highest BCUT2D eigenvalue weighted by molar-refractivity contribution is 5.84. The van der Waals surface area contributed by atoms with Crippen molar-refractivity contribution in [3.05, 3.63) is 0 Å². The highest BCUT2D eigenvalue weighted by Gasteiger charge is 2.19. The minimum Gasteiger partial charge on any atom is -0.449 e. The van der Waals surface area contributed by atoms with Gasteiger partial charge in [-0.3, -0.25) is 4.79 Å². The van der Waals surface area contributed by atoms with Crippen LogP contribution in [0.2, 0.25) is 0 Å². The zero-order chi connectivity index (χ0) is 12.7. The van der Waals surface area contributed by atoms with Crippen LogP contribution >= 0.6 is 0 Å². The van der Waals surface area contributed by atoms with Crippen LogP contribution in [0.1, 0.15) is 34.1 Å². The Kier molecular flexibility index (Phi) is 6.53. The van der Waals surface area contributed by atoms with E-state index in [4.69, 9.17) is 10.5 Å². The smallest absolute Gasteiger partial charge is 0.407 e. The van der Waals surface area contributed by atoms with Crippen molar-refractivity contribution in [2.45, 2.75) is 40.2 Å². The zero-order valence-corrected chi connectivity index (χ0v) is 10.4. The van der Waals surface area contributed by atoms with Gasteiger partial charge in [-0.15, -0.1) is 0 Å². The van der Waals surface area contributed by atoms with Gasteiger partial charge >= 0.3 is 6.09 Å². The molecule has 0 aliphatic heterocycles. The second-order valence-corrected chi connectivity index (χ2v) is 4.72. The summed E-state index contributed by atoms with van der Waals surface area (Å²) in [4.78, 5) is 22.4. The van der Waals surface area contributed by atoms with Crippen molar-refractivity contribution in [2.24, 2.45) is 17.6 Å². The van der Waals surface area contributed by atoms with Crippen molar-refractivity contribution < 1.29 is 14.3 Å². The summed E-state index contributed by atoms with van der Waals surface area (Å²) in [5, 5.41) is 2.47. The number of nitrogens with two attached hydrogens (primary N) is 1.